The summed E-state index contributed by atoms with van der Waals surface area (Å²) in [5.41, 5.74) is 2.35. The number of benzene rings is 2. The van der Waals surface area contributed by atoms with Crippen molar-refractivity contribution in [3.63, 3.8) is 0 Å². The van der Waals surface area contributed by atoms with Gasteiger partial charge in [-0.2, -0.15) is 0 Å². The molecule has 1 fully saturated rings. The van der Waals surface area contributed by atoms with Gasteiger partial charge in [0.05, 0.1) is 18.2 Å². The number of methoxy groups -OCH3 is 1. The van der Waals surface area contributed by atoms with Gasteiger partial charge in [0, 0.05) is 38.0 Å². The largest absolute Gasteiger partial charge is 0.497 e. The molecular weight excluding hydrogens is 414 g/mol. The highest BCUT2D eigenvalue weighted by molar-refractivity contribution is 6.30. The third-order valence-electron chi connectivity index (χ3n) is 5.62. The number of rotatable bonds is 5. The Labute approximate surface area is 186 Å². The van der Waals surface area contributed by atoms with E-state index in [1.807, 2.05) is 53.4 Å². The minimum Gasteiger partial charge on any atom is -0.497 e. The zero-order chi connectivity index (χ0) is 21.8. The molecule has 2 amide bonds. The van der Waals surface area contributed by atoms with Crippen LogP contribution < -0.4 is 4.74 Å². The van der Waals surface area contributed by atoms with Crippen LogP contribution >= 0.6 is 11.6 Å². The normalized spacial score (nSPS) is 14.0. The maximum Gasteiger partial charge on any atom is 0.254 e. The van der Waals surface area contributed by atoms with E-state index in [9.17, 15) is 9.59 Å². The van der Waals surface area contributed by atoms with E-state index in [0.717, 1.165) is 16.7 Å². The first-order valence-corrected chi connectivity index (χ1v) is 10.7. The van der Waals surface area contributed by atoms with Gasteiger partial charge in [0.15, 0.2) is 0 Å². The van der Waals surface area contributed by atoms with Crippen LogP contribution in [0.2, 0.25) is 5.15 Å². The summed E-state index contributed by atoms with van der Waals surface area (Å²) in [5.74, 6) is 0.838. The van der Waals surface area contributed by atoms with E-state index in [1.54, 1.807) is 18.1 Å². The Morgan fingerprint density at radius 1 is 1.00 bits per heavy atom. The number of hydrogen-bond acceptors (Lipinski definition) is 4. The third-order valence-corrected chi connectivity index (χ3v) is 5.82. The SMILES string of the molecule is COc1ccc(CCC(=O)N2CCN(C(=O)c3cc(Cl)nc4ccccc34)CC2)cc1. The zero-order valence-corrected chi connectivity index (χ0v) is 18.1. The standard InChI is InChI=1S/C24H24ClN3O3/c1-31-18-9-6-17(7-10-18)8-11-23(29)27-12-14-28(15-13-27)24(30)20-16-22(25)26-21-5-3-2-4-19(20)21/h2-7,9-10,16H,8,11-15H2,1H3. The Morgan fingerprint density at radius 2 is 1.68 bits per heavy atom. The first-order chi connectivity index (χ1) is 15.0. The average molecular weight is 438 g/mol. The summed E-state index contributed by atoms with van der Waals surface area (Å²) in [6.45, 7) is 2.07. The predicted molar refractivity (Wildman–Crippen MR) is 121 cm³/mol. The molecule has 4 rings (SSSR count). The molecule has 160 valence electrons. The molecule has 1 saturated heterocycles. The maximum atomic E-state index is 13.1. The zero-order valence-electron chi connectivity index (χ0n) is 17.4. The minimum atomic E-state index is -0.0779. The smallest absolute Gasteiger partial charge is 0.254 e. The van der Waals surface area contributed by atoms with E-state index >= 15 is 0 Å². The van der Waals surface area contributed by atoms with Crippen LogP contribution in [0.15, 0.2) is 54.6 Å². The molecule has 0 saturated carbocycles. The first-order valence-electron chi connectivity index (χ1n) is 10.3. The maximum absolute atomic E-state index is 13.1. The van der Waals surface area contributed by atoms with Crippen LogP contribution in [0.25, 0.3) is 10.9 Å². The van der Waals surface area contributed by atoms with Gasteiger partial charge < -0.3 is 14.5 Å². The second-order valence-electron chi connectivity index (χ2n) is 7.53. The van der Waals surface area contributed by atoms with Crippen LogP contribution in [0.1, 0.15) is 22.3 Å². The molecule has 2 heterocycles. The van der Waals surface area contributed by atoms with E-state index < -0.39 is 0 Å². The van der Waals surface area contributed by atoms with Crippen LogP contribution in [0.4, 0.5) is 0 Å². The van der Waals surface area contributed by atoms with Crippen molar-refractivity contribution in [1.82, 2.24) is 14.8 Å². The number of ether oxygens (including phenoxy) is 1. The number of halogens is 1. The summed E-state index contributed by atoms with van der Waals surface area (Å²) in [4.78, 5) is 33.7. The molecule has 0 radical (unpaired) electrons. The van der Waals surface area contributed by atoms with E-state index in [-0.39, 0.29) is 11.8 Å². The van der Waals surface area contributed by atoms with Gasteiger partial charge in [0.1, 0.15) is 10.9 Å². The van der Waals surface area contributed by atoms with E-state index in [2.05, 4.69) is 4.98 Å². The lowest BCUT2D eigenvalue weighted by atomic mass is 10.1. The molecule has 1 aromatic heterocycles. The van der Waals surface area contributed by atoms with Gasteiger partial charge in [0.25, 0.3) is 5.91 Å². The lowest BCUT2D eigenvalue weighted by molar-refractivity contribution is -0.132. The van der Waals surface area contributed by atoms with Crippen molar-refractivity contribution in [3.05, 3.63) is 70.9 Å². The molecule has 6 nitrogen and oxygen atoms in total. The summed E-state index contributed by atoms with van der Waals surface area (Å²) >= 11 is 6.13. The van der Waals surface area contributed by atoms with Crippen molar-refractivity contribution in [2.75, 3.05) is 33.3 Å². The van der Waals surface area contributed by atoms with Gasteiger partial charge in [-0.3, -0.25) is 9.59 Å². The molecule has 2 aromatic carbocycles. The van der Waals surface area contributed by atoms with E-state index in [0.29, 0.717) is 55.3 Å². The van der Waals surface area contributed by atoms with Gasteiger partial charge >= 0.3 is 0 Å². The second-order valence-corrected chi connectivity index (χ2v) is 7.92. The number of hydrogen-bond donors (Lipinski definition) is 0. The van der Waals surface area contributed by atoms with Gasteiger partial charge in [-0.25, -0.2) is 4.98 Å². The molecule has 31 heavy (non-hydrogen) atoms. The number of carbonyl (C=O) groups is 2. The highest BCUT2D eigenvalue weighted by Gasteiger charge is 2.26. The molecule has 0 spiro atoms. The van der Waals surface area contributed by atoms with Crippen molar-refractivity contribution in [2.45, 2.75) is 12.8 Å². The van der Waals surface area contributed by atoms with E-state index in [4.69, 9.17) is 16.3 Å². The Kier molecular flexibility index (Phi) is 6.37. The van der Waals surface area contributed by atoms with Crippen molar-refractivity contribution < 1.29 is 14.3 Å². The molecule has 3 aromatic rings. The third kappa shape index (κ3) is 4.80. The number of carbonyl (C=O) groups excluding carboxylic acids is 2. The minimum absolute atomic E-state index is 0.0779. The number of fused-ring (bicyclic) bond motifs is 1. The number of para-hydroxylation sites is 1. The fourth-order valence-electron chi connectivity index (χ4n) is 3.85. The van der Waals surface area contributed by atoms with Crippen LogP contribution in [0.5, 0.6) is 5.75 Å². The first kappa shape index (κ1) is 21.1. The fourth-order valence-corrected chi connectivity index (χ4v) is 4.05. The average Bonchev–Trinajstić information content (AvgIpc) is 2.82. The number of aromatic nitrogens is 1. The van der Waals surface area contributed by atoms with E-state index in [1.165, 1.54) is 0 Å². The van der Waals surface area contributed by atoms with Gasteiger partial charge in [-0.05, 0) is 36.2 Å². The number of aryl methyl sites for hydroxylation is 1. The molecule has 0 atom stereocenters. The molecule has 0 N–H and O–H groups in total. The summed E-state index contributed by atoms with van der Waals surface area (Å²) in [6.07, 6.45) is 1.13. The monoisotopic (exact) mass is 437 g/mol. The molecule has 0 bridgehead atoms. The molecule has 1 aliphatic rings. The number of piperazine rings is 1. The lowest BCUT2D eigenvalue weighted by Crippen LogP contribution is -2.50. The summed E-state index contributed by atoms with van der Waals surface area (Å²) in [6, 6.07) is 16.9. The fraction of sp³-hybridized carbons (Fsp3) is 0.292. The summed E-state index contributed by atoms with van der Waals surface area (Å²) in [5, 5.41) is 1.09. The summed E-state index contributed by atoms with van der Waals surface area (Å²) in [7, 11) is 1.63. The number of nitrogens with zero attached hydrogens (tertiary/aromatic N) is 3. The molecule has 0 unspecified atom stereocenters. The predicted octanol–water partition coefficient (Wildman–Crippen LogP) is 3.81. The van der Waals surface area contributed by atoms with Crippen molar-refractivity contribution in [1.29, 1.82) is 0 Å². The van der Waals surface area contributed by atoms with Crippen LogP contribution in [-0.4, -0.2) is 59.9 Å². The highest BCUT2D eigenvalue weighted by atomic mass is 35.5. The molecule has 7 heteroatoms. The topological polar surface area (TPSA) is 62.7 Å². The Bertz CT molecular complexity index is 1090. The van der Waals surface area contributed by atoms with Crippen LogP contribution in [-0.2, 0) is 11.2 Å². The van der Waals surface area contributed by atoms with Crippen molar-refractivity contribution >= 4 is 34.3 Å². The Balaban J connectivity index is 1.35. The number of amides is 2. The van der Waals surface area contributed by atoms with Crippen molar-refractivity contribution in [3.8, 4) is 5.75 Å². The van der Waals surface area contributed by atoms with Crippen LogP contribution in [0, 0.1) is 0 Å². The molecular formula is C24H24ClN3O3. The van der Waals surface area contributed by atoms with Crippen molar-refractivity contribution in [2.24, 2.45) is 0 Å². The molecule has 1 aliphatic heterocycles. The Morgan fingerprint density at radius 3 is 2.39 bits per heavy atom. The van der Waals surface area contributed by atoms with Gasteiger partial charge in [0.2, 0.25) is 5.91 Å². The molecule has 0 aliphatic carbocycles. The second kappa shape index (κ2) is 9.35. The Hall–Kier alpha value is -3.12. The summed E-state index contributed by atoms with van der Waals surface area (Å²) < 4.78 is 5.16. The van der Waals surface area contributed by atoms with Gasteiger partial charge in [-0.15, -0.1) is 0 Å². The lowest BCUT2D eigenvalue weighted by Gasteiger charge is -2.35. The quantitative estimate of drug-likeness (QED) is 0.569. The highest BCUT2D eigenvalue weighted by Crippen LogP contribution is 2.23. The van der Waals surface area contributed by atoms with Gasteiger partial charge in [-0.1, -0.05) is 41.9 Å². The number of pyridine rings is 1. The van der Waals surface area contributed by atoms with Crippen LogP contribution in [0.3, 0.4) is 0 Å².